The van der Waals surface area contributed by atoms with Gasteiger partial charge in [-0.3, -0.25) is 4.79 Å². The summed E-state index contributed by atoms with van der Waals surface area (Å²) in [4.78, 5) is 12.0. The molecule has 110 valence electrons. The molecular formula is C13H15N5O2S. The van der Waals surface area contributed by atoms with Gasteiger partial charge in [0.2, 0.25) is 11.1 Å². The van der Waals surface area contributed by atoms with Crippen LogP contribution in [0.15, 0.2) is 29.4 Å². The van der Waals surface area contributed by atoms with Crippen molar-refractivity contribution in [3.63, 3.8) is 0 Å². The number of amides is 1. The highest BCUT2D eigenvalue weighted by Crippen LogP contribution is 2.27. The van der Waals surface area contributed by atoms with Crippen LogP contribution in [0.4, 0.5) is 0 Å². The maximum Gasteiger partial charge on any atom is 0.233 e. The van der Waals surface area contributed by atoms with Crippen LogP contribution in [0.1, 0.15) is 19.3 Å². The summed E-state index contributed by atoms with van der Waals surface area (Å²) in [5, 5.41) is 24.3. The topological polar surface area (TPSA) is 92.9 Å². The fourth-order valence-electron chi connectivity index (χ4n) is 2.16. The fraction of sp³-hybridized carbons (Fsp3) is 0.385. The first-order chi connectivity index (χ1) is 10.2. The number of carbonyl (C=O) groups is 1. The molecule has 0 spiro atoms. The molecule has 21 heavy (non-hydrogen) atoms. The maximum atomic E-state index is 12.0. The Morgan fingerprint density at radius 2 is 2.10 bits per heavy atom. The fourth-order valence-corrected chi connectivity index (χ4v) is 3.21. The van der Waals surface area contributed by atoms with Crippen LogP contribution >= 0.6 is 11.8 Å². The minimum absolute atomic E-state index is 0.0396. The first-order valence-corrected chi connectivity index (χ1v) is 7.64. The van der Waals surface area contributed by atoms with Crippen molar-refractivity contribution in [2.24, 2.45) is 0 Å². The van der Waals surface area contributed by atoms with E-state index in [1.807, 2.05) is 0 Å². The van der Waals surface area contributed by atoms with Crippen molar-refractivity contribution < 1.29 is 9.90 Å². The summed E-state index contributed by atoms with van der Waals surface area (Å²) in [6.45, 7) is 0.735. The Morgan fingerprint density at radius 1 is 1.29 bits per heavy atom. The summed E-state index contributed by atoms with van der Waals surface area (Å²) >= 11 is 1.37. The Hall–Kier alpha value is -2.09. The SMILES string of the molecule is O=C1NCCCCC1Sc1nnnn1-c1ccc(O)cc1. The number of nitrogens with one attached hydrogen (secondary N) is 1. The molecule has 8 heteroatoms. The molecule has 1 aromatic carbocycles. The van der Waals surface area contributed by atoms with Gasteiger partial charge in [0.05, 0.1) is 10.9 Å². The van der Waals surface area contributed by atoms with E-state index in [4.69, 9.17) is 0 Å². The number of thioether (sulfide) groups is 1. The number of hydrogen-bond donors (Lipinski definition) is 2. The molecule has 1 saturated heterocycles. The van der Waals surface area contributed by atoms with E-state index in [1.165, 1.54) is 11.8 Å². The number of phenols is 1. The van der Waals surface area contributed by atoms with Gasteiger partial charge in [0, 0.05) is 6.54 Å². The quantitative estimate of drug-likeness (QED) is 0.883. The standard InChI is InChI=1S/C13H15N5O2S/c19-10-6-4-9(5-7-10)18-13(15-16-17-18)21-11-3-1-2-8-14-12(11)20/h4-7,11,19H,1-3,8H2,(H,14,20). The van der Waals surface area contributed by atoms with Gasteiger partial charge in [-0.2, -0.15) is 4.68 Å². The predicted molar refractivity (Wildman–Crippen MR) is 77.3 cm³/mol. The van der Waals surface area contributed by atoms with Gasteiger partial charge in [0.1, 0.15) is 5.75 Å². The van der Waals surface area contributed by atoms with Crippen molar-refractivity contribution >= 4 is 17.7 Å². The van der Waals surface area contributed by atoms with E-state index < -0.39 is 0 Å². The van der Waals surface area contributed by atoms with Crippen molar-refractivity contribution in [3.05, 3.63) is 24.3 Å². The van der Waals surface area contributed by atoms with Crippen LogP contribution in [0, 0.1) is 0 Å². The van der Waals surface area contributed by atoms with Gasteiger partial charge in [-0.15, -0.1) is 5.10 Å². The van der Waals surface area contributed by atoms with Crippen LogP contribution in [0.5, 0.6) is 5.75 Å². The summed E-state index contributed by atoms with van der Waals surface area (Å²) < 4.78 is 1.57. The monoisotopic (exact) mass is 305 g/mol. The zero-order valence-electron chi connectivity index (χ0n) is 11.3. The maximum absolute atomic E-state index is 12.0. The highest BCUT2D eigenvalue weighted by Gasteiger charge is 2.24. The van der Waals surface area contributed by atoms with Gasteiger partial charge in [0.25, 0.3) is 0 Å². The second-order valence-corrected chi connectivity index (χ2v) is 5.95. The molecular weight excluding hydrogens is 290 g/mol. The molecule has 0 aliphatic carbocycles. The van der Waals surface area contributed by atoms with Gasteiger partial charge in [0.15, 0.2) is 0 Å². The summed E-state index contributed by atoms with van der Waals surface area (Å²) in [5.74, 6) is 0.224. The van der Waals surface area contributed by atoms with Crippen molar-refractivity contribution in [2.75, 3.05) is 6.54 Å². The van der Waals surface area contributed by atoms with Gasteiger partial charge in [-0.05, 0) is 47.5 Å². The Bertz CT molecular complexity index is 628. The highest BCUT2D eigenvalue weighted by atomic mass is 32.2. The Labute approximate surface area is 125 Å². The molecule has 2 heterocycles. The molecule has 1 unspecified atom stereocenters. The van der Waals surface area contributed by atoms with Crippen LogP contribution < -0.4 is 5.32 Å². The lowest BCUT2D eigenvalue weighted by Gasteiger charge is -2.12. The molecule has 1 aromatic heterocycles. The molecule has 2 N–H and O–H groups in total. The lowest BCUT2D eigenvalue weighted by atomic mass is 10.2. The average molecular weight is 305 g/mol. The van der Waals surface area contributed by atoms with Crippen LogP contribution in [0.25, 0.3) is 5.69 Å². The number of aromatic hydroxyl groups is 1. The number of rotatable bonds is 3. The molecule has 1 aliphatic rings. The second kappa shape index (κ2) is 6.13. The summed E-state index contributed by atoms with van der Waals surface area (Å²) in [6.07, 6.45) is 2.84. The molecule has 1 aliphatic heterocycles. The lowest BCUT2D eigenvalue weighted by molar-refractivity contribution is -0.120. The Kier molecular flexibility index (Phi) is 4.05. The molecule has 1 amide bonds. The smallest absolute Gasteiger partial charge is 0.233 e. The van der Waals surface area contributed by atoms with Gasteiger partial charge in [-0.25, -0.2) is 0 Å². The number of aromatic nitrogens is 4. The Morgan fingerprint density at radius 3 is 2.90 bits per heavy atom. The largest absolute Gasteiger partial charge is 0.508 e. The van der Waals surface area contributed by atoms with Crippen molar-refractivity contribution in [1.29, 1.82) is 0 Å². The second-order valence-electron chi connectivity index (χ2n) is 4.78. The zero-order chi connectivity index (χ0) is 14.7. The van der Waals surface area contributed by atoms with Crippen LogP contribution in [0.2, 0.25) is 0 Å². The van der Waals surface area contributed by atoms with E-state index in [0.717, 1.165) is 31.5 Å². The van der Waals surface area contributed by atoms with E-state index in [2.05, 4.69) is 20.8 Å². The minimum atomic E-state index is -0.172. The zero-order valence-corrected chi connectivity index (χ0v) is 12.1. The minimum Gasteiger partial charge on any atom is -0.508 e. The molecule has 0 bridgehead atoms. The molecule has 0 radical (unpaired) electrons. The van der Waals surface area contributed by atoms with Gasteiger partial charge >= 0.3 is 0 Å². The number of hydrogen-bond acceptors (Lipinski definition) is 6. The number of carbonyl (C=O) groups excluding carboxylic acids is 1. The first-order valence-electron chi connectivity index (χ1n) is 6.76. The number of nitrogens with zero attached hydrogens (tertiary/aromatic N) is 4. The van der Waals surface area contributed by atoms with Crippen LogP contribution in [-0.2, 0) is 4.79 Å². The molecule has 7 nitrogen and oxygen atoms in total. The summed E-state index contributed by atoms with van der Waals surface area (Å²) in [6, 6.07) is 6.60. The van der Waals surface area contributed by atoms with E-state index in [0.29, 0.717) is 5.16 Å². The lowest BCUT2D eigenvalue weighted by Crippen LogP contribution is -2.30. The third-order valence-corrected chi connectivity index (χ3v) is 4.47. The van der Waals surface area contributed by atoms with Crippen LogP contribution in [0.3, 0.4) is 0 Å². The molecule has 2 aromatic rings. The summed E-state index contributed by atoms with van der Waals surface area (Å²) in [5.41, 5.74) is 0.745. The normalized spacial score (nSPS) is 19.0. The van der Waals surface area contributed by atoms with Crippen molar-refractivity contribution in [1.82, 2.24) is 25.5 Å². The predicted octanol–water partition coefficient (Wildman–Crippen LogP) is 1.13. The summed E-state index contributed by atoms with van der Waals surface area (Å²) in [7, 11) is 0. The van der Waals surface area contributed by atoms with Crippen LogP contribution in [-0.4, -0.2) is 43.0 Å². The number of phenolic OH excluding ortho intramolecular Hbond substituents is 1. The van der Waals surface area contributed by atoms with E-state index in [-0.39, 0.29) is 16.9 Å². The van der Waals surface area contributed by atoms with E-state index in [1.54, 1.807) is 28.9 Å². The molecule has 3 rings (SSSR count). The number of tetrazole rings is 1. The first kappa shape index (κ1) is 13.9. The average Bonchev–Trinajstić information content (AvgIpc) is 2.85. The van der Waals surface area contributed by atoms with Crippen molar-refractivity contribution in [2.45, 2.75) is 29.7 Å². The van der Waals surface area contributed by atoms with Gasteiger partial charge in [-0.1, -0.05) is 18.2 Å². The van der Waals surface area contributed by atoms with E-state index >= 15 is 0 Å². The van der Waals surface area contributed by atoms with Crippen molar-refractivity contribution in [3.8, 4) is 11.4 Å². The molecule has 1 atom stereocenters. The number of benzene rings is 1. The third kappa shape index (κ3) is 3.15. The van der Waals surface area contributed by atoms with E-state index in [9.17, 15) is 9.90 Å². The highest BCUT2D eigenvalue weighted by molar-refractivity contribution is 8.00. The molecule has 1 fully saturated rings. The molecule has 0 saturated carbocycles. The third-order valence-electron chi connectivity index (χ3n) is 3.27. The van der Waals surface area contributed by atoms with Gasteiger partial charge < -0.3 is 10.4 Å². The Balaban J connectivity index is 1.82.